The van der Waals surface area contributed by atoms with Gasteiger partial charge in [-0.25, -0.2) is 12.8 Å². The first-order valence-corrected chi connectivity index (χ1v) is 7.48. The van der Waals surface area contributed by atoms with Gasteiger partial charge in [0, 0.05) is 7.05 Å². The summed E-state index contributed by atoms with van der Waals surface area (Å²) < 4.78 is 44.4. The molecule has 0 radical (unpaired) electrons. The summed E-state index contributed by atoms with van der Waals surface area (Å²) in [5.74, 6) is -0.151. The molecular weight excluding hydrogens is 295 g/mol. The minimum atomic E-state index is -3.85. The second-order valence-electron chi connectivity index (χ2n) is 4.35. The Morgan fingerprint density at radius 1 is 1.14 bits per heavy atom. The molecule has 0 saturated carbocycles. The first kappa shape index (κ1) is 15.1. The number of nitrogens with zero attached hydrogens (tertiary/aromatic N) is 1. The first-order chi connectivity index (χ1) is 9.86. The van der Waals surface area contributed by atoms with Gasteiger partial charge in [-0.2, -0.15) is 0 Å². The maximum Gasteiger partial charge on any atom is 0.264 e. The van der Waals surface area contributed by atoms with Crippen LogP contribution >= 0.6 is 0 Å². The summed E-state index contributed by atoms with van der Waals surface area (Å²) in [6, 6.07) is 9.90. The van der Waals surface area contributed by atoms with E-state index in [1.54, 1.807) is 24.3 Å². The average molecular weight is 310 g/mol. The summed E-state index contributed by atoms with van der Waals surface area (Å²) in [5.41, 5.74) is 5.70. The number of halogens is 1. The van der Waals surface area contributed by atoms with Crippen molar-refractivity contribution < 1.29 is 17.5 Å². The van der Waals surface area contributed by atoms with E-state index in [-0.39, 0.29) is 10.6 Å². The Kier molecular flexibility index (Phi) is 4.04. The SMILES string of the molecule is COc1ccc(N(C)S(=O)(=O)c2ccc(N)c(F)c2)cc1. The van der Waals surface area contributed by atoms with Crippen molar-refractivity contribution in [1.29, 1.82) is 0 Å². The van der Waals surface area contributed by atoms with Gasteiger partial charge in [-0.1, -0.05) is 0 Å². The molecule has 2 N–H and O–H groups in total. The highest BCUT2D eigenvalue weighted by Gasteiger charge is 2.22. The molecule has 0 aliphatic heterocycles. The van der Waals surface area contributed by atoms with Crippen LogP contribution in [0.4, 0.5) is 15.8 Å². The molecule has 0 heterocycles. The summed E-state index contributed by atoms with van der Waals surface area (Å²) in [5, 5.41) is 0. The number of hydrogen-bond donors (Lipinski definition) is 1. The predicted octanol–water partition coefficient (Wildman–Crippen LogP) is 2.24. The third kappa shape index (κ3) is 2.92. The van der Waals surface area contributed by atoms with E-state index in [4.69, 9.17) is 10.5 Å². The second kappa shape index (κ2) is 5.61. The molecule has 0 spiro atoms. The lowest BCUT2D eigenvalue weighted by Gasteiger charge is -2.20. The van der Waals surface area contributed by atoms with Crippen LogP contribution in [0.1, 0.15) is 0 Å². The predicted molar refractivity (Wildman–Crippen MR) is 79.4 cm³/mol. The summed E-state index contributed by atoms with van der Waals surface area (Å²) >= 11 is 0. The van der Waals surface area contributed by atoms with Gasteiger partial charge >= 0.3 is 0 Å². The van der Waals surface area contributed by atoms with Gasteiger partial charge in [0.25, 0.3) is 10.0 Å². The highest BCUT2D eigenvalue weighted by Crippen LogP contribution is 2.25. The highest BCUT2D eigenvalue weighted by molar-refractivity contribution is 7.92. The van der Waals surface area contributed by atoms with Gasteiger partial charge in [0.2, 0.25) is 0 Å². The van der Waals surface area contributed by atoms with Gasteiger partial charge in [0.15, 0.2) is 0 Å². The molecule has 0 bridgehead atoms. The Bertz CT molecular complexity index is 745. The van der Waals surface area contributed by atoms with Crippen LogP contribution in [0.3, 0.4) is 0 Å². The van der Waals surface area contributed by atoms with Gasteiger partial charge in [-0.15, -0.1) is 0 Å². The van der Waals surface area contributed by atoms with Crippen LogP contribution in [0.25, 0.3) is 0 Å². The summed E-state index contributed by atoms with van der Waals surface area (Å²) in [6.07, 6.45) is 0. The van der Waals surface area contributed by atoms with Gasteiger partial charge in [-0.05, 0) is 42.5 Å². The van der Waals surface area contributed by atoms with E-state index < -0.39 is 15.8 Å². The van der Waals surface area contributed by atoms with Crippen molar-refractivity contribution in [2.45, 2.75) is 4.90 Å². The maximum atomic E-state index is 13.4. The number of anilines is 2. The molecule has 0 unspecified atom stereocenters. The molecule has 0 amide bonds. The molecule has 2 aromatic rings. The fourth-order valence-corrected chi connectivity index (χ4v) is 2.97. The molecule has 2 aromatic carbocycles. The molecule has 7 heteroatoms. The monoisotopic (exact) mass is 310 g/mol. The Labute approximate surface area is 122 Å². The van der Waals surface area contributed by atoms with Crippen LogP contribution in [-0.2, 0) is 10.0 Å². The minimum Gasteiger partial charge on any atom is -0.497 e. The maximum absolute atomic E-state index is 13.4. The molecule has 5 nitrogen and oxygen atoms in total. The third-order valence-electron chi connectivity index (χ3n) is 3.07. The fourth-order valence-electron chi connectivity index (χ4n) is 1.76. The number of sulfonamides is 1. The molecular formula is C14H15FN2O3S. The van der Waals surface area contributed by atoms with E-state index in [0.29, 0.717) is 11.4 Å². The summed E-state index contributed by atoms with van der Waals surface area (Å²) in [4.78, 5) is -0.160. The molecule has 0 aliphatic rings. The smallest absolute Gasteiger partial charge is 0.264 e. The lowest BCUT2D eigenvalue weighted by Crippen LogP contribution is -2.26. The molecule has 0 saturated heterocycles. The van der Waals surface area contributed by atoms with Crippen LogP contribution in [0.15, 0.2) is 47.4 Å². The molecule has 0 aromatic heterocycles. The van der Waals surface area contributed by atoms with Crippen LogP contribution in [-0.4, -0.2) is 22.6 Å². The molecule has 21 heavy (non-hydrogen) atoms. The Morgan fingerprint density at radius 2 is 1.76 bits per heavy atom. The third-order valence-corrected chi connectivity index (χ3v) is 4.85. The van der Waals surface area contributed by atoms with E-state index in [1.165, 1.54) is 26.3 Å². The topological polar surface area (TPSA) is 72.6 Å². The van der Waals surface area contributed by atoms with Crippen molar-refractivity contribution in [1.82, 2.24) is 0 Å². The fraction of sp³-hybridized carbons (Fsp3) is 0.143. The molecule has 0 aliphatic carbocycles. The van der Waals surface area contributed by atoms with Crippen molar-refractivity contribution in [3.05, 3.63) is 48.3 Å². The summed E-state index contributed by atoms with van der Waals surface area (Å²) in [6.45, 7) is 0. The highest BCUT2D eigenvalue weighted by atomic mass is 32.2. The largest absolute Gasteiger partial charge is 0.497 e. The van der Waals surface area contributed by atoms with E-state index in [0.717, 1.165) is 10.4 Å². The van der Waals surface area contributed by atoms with Crippen LogP contribution < -0.4 is 14.8 Å². The molecule has 112 valence electrons. The summed E-state index contributed by atoms with van der Waals surface area (Å²) in [7, 11) is -0.939. The van der Waals surface area contributed by atoms with Crippen molar-refractivity contribution >= 4 is 21.4 Å². The molecule has 0 fully saturated rings. The van der Waals surface area contributed by atoms with E-state index in [2.05, 4.69) is 0 Å². The Hall–Kier alpha value is -2.28. The molecule has 2 rings (SSSR count). The van der Waals surface area contributed by atoms with Gasteiger partial charge in [0.1, 0.15) is 11.6 Å². The van der Waals surface area contributed by atoms with Crippen LogP contribution in [0, 0.1) is 5.82 Å². The lowest BCUT2D eigenvalue weighted by molar-refractivity contribution is 0.415. The number of benzene rings is 2. The average Bonchev–Trinajstić information content (AvgIpc) is 2.49. The zero-order chi connectivity index (χ0) is 15.6. The Balaban J connectivity index is 2.39. The number of methoxy groups -OCH3 is 1. The first-order valence-electron chi connectivity index (χ1n) is 6.04. The number of hydrogen-bond acceptors (Lipinski definition) is 4. The number of ether oxygens (including phenoxy) is 1. The Morgan fingerprint density at radius 3 is 2.29 bits per heavy atom. The standard InChI is InChI=1S/C14H15FN2O3S/c1-17(10-3-5-11(20-2)6-4-10)21(18,19)12-7-8-14(16)13(15)9-12/h3-9H,16H2,1-2H3. The minimum absolute atomic E-state index is 0.0962. The normalized spacial score (nSPS) is 11.2. The number of rotatable bonds is 4. The van der Waals surface area contributed by atoms with Crippen molar-refractivity contribution in [2.24, 2.45) is 0 Å². The lowest BCUT2D eigenvalue weighted by atomic mass is 10.3. The van der Waals surface area contributed by atoms with Crippen molar-refractivity contribution in [3.8, 4) is 5.75 Å². The van der Waals surface area contributed by atoms with Crippen LogP contribution in [0.5, 0.6) is 5.75 Å². The number of nitrogens with two attached hydrogens (primary N) is 1. The van der Waals surface area contributed by atoms with Crippen LogP contribution in [0.2, 0.25) is 0 Å². The molecule has 0 atom stereocenters. The quantitative estimate of drug-likeness (QED) is 0.879. The van der Waals surface area contributed by atoms with Gasteiger partial charge in [-0.3, -0.25) is 4.31 Å². The van der Waals surface area contributed by atoms with Gasteiger partial charge in [0.05, 0.1) is 23.4 Å². The van der Waals surface area contributed by atoms with E-state index in [9.17, 15) is 12.8 Å². The van der Waals surface area contributed by atoms with E-state index in [1.807, 2.05) is 0 Å². The number of nitrogen functional groups attached to an aromatic ring is 1. The second-order valence-corrected chi connectivity index (χ2v) is 6.32. The van der Waals surface area contributed by atoms with Gasteiger partial charge < -0.3 is 10.5 Å². The zero-order valence-corrected chi connectivity index (χ0v) is 12.4. The van der Waals surface area contributed by atoms with Crippen molar-refractivity contribution in [2.75, 3.05) is 24.2 Å². The van der Waals surface area contributed by atoms with Crippen molar-refractivity contribution in [3.63, 3.8) is 0 Å². The van der Waals surface area contributed by atoms with E-state index >= 15 is 0 Å². The zero-order valence-electron chi connectivity index (χ0n) is 11.6.